The largest absolute Gasteiger partial charge is 0.450 e. The molecule has 1 aliphatic rings. The van der Waals surface area contributed by atoms with Gasteiger partial charge in [-0.1, -0.05) is 29.8 Å². The van der Waals surface area contributed by atoms with E-state index in [1.807, 2.05) is 37.3 Å². The van der Waals surface area contributed by atoms with E-state index in [9.17, 15) is 9.59 Å². The van der Waals surface area contributed by atoms with Crippen LogP contribution in [0.3, 0.4) is 0 Å². The van der Waals surface area contributed by atoms with Crippen LogP contribution in [0.5, 0.6) is 0 Å². The Hall–Kier alpha value is -2.50. The highest BCUT2D eigenvalue weighted by atomic mass is 16.6. The Labute approximate surface area is 142 Å². The molecule has 1 aromatic carbocycles. The Morgan fingerprint density at radius 2 is 2.08 bits per heavy atom. The lowest BCUT2D eigenvalue weighted by molar-refractivity contribution is 0.0958. The molecule has 0 bridgehead atoms. The molecule has 0 unspecified atom stereocenters. The van der Waals surface area contributed by atoms with Crippen molar-refractivity contribution in [1.29, 1.82) is 0 Å². The van der Waals surface area contributed by atoms with Crippen molar-refractivity contribution in [2.75, 3.05) is 19.7 Å². The lowest BCUT2D eigenvalue weighted by atomic mass is 10.1. The number of nitrogens with zero attached hydrogens (tertiary/aromatic N) is 1. The summed E-state index contributed by atoms with van der Waals surface area (Å²) in [4.78, 5) is 25.2. The van der Waals surface area contributed by atoms with Crippen LogP contribution < -0.4 is 10.6 Å². The molecule has 0 spiro atoms. The SMILES string of the molecule is CCOC(=O)N1CCC(NC(=O)N/C=C/c2cccc(C)c2)CC1. The number of hydrogen-bond donors (Lipinski definition) is 2. The van der Waals surface area contributed by atoms with Crippen LogP contribution in [0.25, 0.3) is 6.08 Å². The first-order valence-corrected chi connectivity index (χ1v) is 8.30. The van der Waals surface area contributed by atoms with E-state index < -0.39 is 0 Å². The molecular formula is C18H25N3O3. The van der Waals surface area contributed by atoms with Crippen LogP contribution in [-0.4, -0.2) is 42.8 Å². The van der Waals surface area contributed by atoms with Gasteiger partial charge in [0.25, 0.3) is 0 Å². The van der Waals surface area contributed by atoms with Gasteiger partial charge in [-0.05, 0) is 38.3 Å². The van der Waals surface area contributed by atoms with Crippen molar-refractivity contribution < 1.29 is 14.3 Å². The Morgan fingerprint density at radius 1 is 1.33 bits per heavy atom. The first-order valence-electron chi connectivity index (χ1n) is 8.30. The Morgan fingerprint density at radius 3 is 2.75 bits per heavy atom. The minimum absolute atomic E-state index is 0.0723. The number of ether oxygens (including phenoxy) is 1. The van der Waals surface area contributed by atoms with Gasteiger partial charge in [0.1, 0.15) is 0 Å². The number of benzene rings is 1. The van der Waals surface area contributed by atoms with Gasteiger partial charge in [0.2, 0.25) is 0 Å². The lowest BCUT2D eigenvalue weighted by Crippen LogP contribution is -2.48. The first-order chi connectivity index (χ1) is 11.6. The fourth-order valence-corrected chi connectivity index (χ4v) is 2.64. The Balaban J connectivity index is 1.71. The molecule has 0 aliphatic carbocycles. The van der Waals surface area contributed by atoms with Crippen molar-refractivity contribution in [2.45, 2.75) is 32.7 Å². The monoisotopic (exact) mass is 331 g/mol. The molecule has 1 aromatic rings. The lowest BCUT2D eigenvalue weighted by Gasteiger charge is -2.31. The highest BCUT2D eigenvalue weighted by molar-refractivity contribution is 5.76. The molecule has 0 atom stereocenters. The molecule has 0 aromatic heterocycles. The third-order valence-electron chi connectivity index (χ3n) is 3.89. The van der Waals surface area contributed by atoms with Gasteiger partial charge in [-0.25, -0.2) is 9.59 Å². The summed E-state index contributed by atoms with van der Waals surface area (Å²) in [6.45, 7) is 5.40. The maximum Gasteiger partial charge on any atom is 0.409 e. The molecular weight excluding hydrogens is 306 g/mol. The molecule has 2 rings (SSSR count). The van der Waals surface area contributed by atoms with E-state index in [-0.39, 0.29) is 18.2 Å². The number of aryl methyl sites for hydroxylation is 1. The average Bonchev–Trinajstić information content (AvgIpc) is 2.56. The van der Waals surface area contributed by atoms with Crippen LogP contribution in [0.2, 0.25) is 0 Å². The second-order valence-electron chi connectivity index (χ2n) is 5.83. The van der Waals surface area contributed by atoms with Gasteiger partial charge in [0.15, 0.2) is 0 Å². The normalized spacial score (nSPS) is 15.3. The van der Waals surface area contributed by atoms with Crippen LogP contribution in [-0.2, 0) is 4.74 Å². The predicted octanol–water partition coefficient (Wildman–Crippen LogP) is 2.89. The van der Waals surface area contributed by atoms with Crippen LogP contribution in [0.4, 0.5) is 9.59 Å². The third kappa shape index (κ3) is 5.61. The quantitative estimate of drug-likeness (QED) is 0.891. The van der Waals surface area contributed by atoms with E-state index in [4.69, 9.17) is 4.74 Å². The van der Waals surface area contributed by atoms with E-state index in [2.05, 4.69) is 10.6 Å². The maximum absolute atomic E-state index is 11.9. The number of carbonyl (C=O) groups is 2. The number of nitrogens with one attached hydrogen (secondary N) is 2. The number of carbonyl (C=O) groups excluding carboxylic acids is 2. The number of urea groups is 1. The third-order valence-corrected chi connectivity index (χ3v) is 3.89. The molecule has 24 heavy (non-hydrogen) atoms. The van der Waals surface area contributed by atoms with Crippen molar-refractivity contribution >= 4 is 18.2 Å². The zero-order valence-electron chi connectivity index (χ0n) is 14.2. The molecule has 130 valence electrons. The molecule has 1 saturated heterocycles. The Kier molecular flexibility index (Phi) is 6.66. The summed E-state index contributed by atoms with van der Waals surface area (Å²) >= 11 is 0. The molecule has 6 heteroatoms. The van der Waals surface area contributed by atoms with Crippen LogP contribution >= 0.6 is 0 Å². The second kappa shape index (κ2) is 8.96. The molecule has 0 saturated carbocycles. The number of rotatable bonds is 4. The summed E-state index contributed by atoms with van der Waals surface area (Å²) in [6.07, 6.45) is 4.68. The summed E-state index contributed by atoms with van der Waals surface area (Å²) in [5.74, 6) is 0. The van der Waals surface area contributed by atoms with Gasteiger partial charge in [-0.2, -0.15) is 0 Å². The molecule has 1 aliphatic heterocycles. The number of piperidine rings is 1. The van der Waals surface area contributed by atoms with E-state index in [0.29, 0.717) is 19.7 Å². The second-order valence-corrected chi connectivity index (χ2v) is 5.83. The van der Waals surface area contributed by atoms with Crippen molar-refractivity contribution in [3.05, 3.63) is 41.6 Å². The molecule has 0 radical (unpaired) electrons. The standard InChI is InChI=1S/C18H25N3O3/c1-3-24-18(23)21-11-8-16(9-12-21)20-17(22)19-10-7-15-6-4-5-14(2)13-15/h4-7,10,13,16H,3,8-9,11-12H2,1-2H3,(H2,19,20,22)/b10-7+. The first kappa shape index (κ1) is 17.8. The highest BCUT2D eigenvalue weighted by Gasteiger charge is 2.24. The van der Waals surface area contributed by atoms with Crippen molar-refractivity contribution in [2.24, 2.45) is 0 Å². The van der Waals surface area contributed by atoms with Crippen LogP contribution in [0, 0.1) is 6.92 Å². The number of amides is 3. The molecule has 3 amide bonds. The van der Waals surface area contributed by atoms with Crippen molar-refractivity contribution in [3.63, 3.8) is 0 Å². The zero-order chi connectivity index (χ0) is 17.4. The van der Waals surface area contributed by atoms with Gasteiger partial charge in [-0.3, -0.25) is 0 Å². The minimum Gasteiger partial charge on any atom is -0.450 e. The summed E-state index contributed by atoms with van der Waals surface area (Å²) in [7, 11) is 0. The number of likely N-dealkylation sites (tertiary alicyclic amines) is 1. The smallest absolute Gasteiger partial charge is 0.409 e. The van der Waals surface area contributed by atoms with E-state index in [1.165, 1.54) is 5.56 Å². The van der Waals surface area contributed by atoms with Crippen molar-refractivity contribution in [1.82, 2.24) is 15.5 Å². The molecule has 2 N–H and O–H groups in total. The summed E-state index contributed by atoms with van der Waals surface area (Å²) in [5, 5.41) is 5.64. The highest BCUT2D eigenvalue weighted by Crippen LogP contribution is 2.11. The maximum atomic E-state index is 11.9. The van der Waals surface area contributed by atoms with Gasteiger partial charge in [-0.15, -0.1) is 0 Å². The summed E-state index contributed by atoms with van der Waals surface area (Å²) in [6, 6.07) is 7.87. The molecule has 1 fully saturated rings. The fourth-order valence-electron chi connectivity index (χ4n) is 2.64. The van der Waals surface area contributed by atoms with Gasteiger partial charge < -0.3 is 20.3 Å². The molecule has 1 heterocycles. The molecule has 6 nitrogen and oxygen atoms in total. The topological polar surface area (TPSA) is 70.7 Å². The van der Waals surface area contributed by atoms with E-state index >= 15 is 0 Å². The Bertz CT molecular complexity index is 593. The average molecular weight is 331 g/mol. The van der Waals surface area contributed by atoms with E-state index in [1.54, 1.807) is 18.0 Å². The summed E-state index contributed by atoms with van der Waals surface area (Å²) < 4.78 is 4.98. The minimum atomic E-state index is -0.276. The van der Waals surface area contributed by atoms with Gasteiger partial charge >= 0.3 is 12.1 Å². The predicted molar refractivity (Wildman–Crippen MR) is 93.5 cm³/mol. The fraction of sp³-hybridized carbons (Fsp3) is 0.444. The van der Waals surface area contributed by atoms with Crippen LogP contribution in [0.1, 0.15) is 30.9 Å². The zero-order valence-corrected chi connectivity index (χ0v) is 14.2. The van der Waals surface area contributed by atoms with Crippen molar-refractivity contribution in [3.8, 4) is 0 Å². The van der Waals surface area contributed by atoms with Gasteiger partial charge in [0, 0.05) is 25.3 Å². The van der Waals surface area contributed by atoms with Gasteiger partial charge in [0.05, 0.1) is 6.61 Å². The van der Waals surface area contributed by atoms with E-state index in [0.717, 1.165) is 18.4 Å². The van der Waals surface area contributed by atoms with Crippen LogP contribution in [0.15, 0.2) is 30.5 Å². The number of hydrogen-bond acceptors (Lipinski definition) is 3. The summed E-state index contributed by atoms with van der Waals surface area (Å²) in [5.41, 5.74) is 2.22.